The van der Waals surface area contributed by atoms with E-state index in [1.807, 2.05) is 0 Å². The lowest BCUT2D eigenvalue weighted by molar-refractivity contribution is 0.307. The fraction of sp³-hybridized carbons (Fsp3) is 0.778. The fourth-order valence-electron chi connectivity index (χ4n) is 4.26. The van der Waals surface area contributed by atoms with Crippen molar-refractivity contribution in [2.45, 2.75) is 124 Å². The zero-order chi connectivity index (χ0) is 21.3. The van der Waals surface area contributed by atoms with E-state index in [9.17, 15) is 10.2 Å². The van der Waals surface area contributed by atoms with Crippen LogP contribution in [0.4, 0.5) is 0 Å². The minimum absolute atomic E-state index is 0.305. The first-order valence-electron chi connectivity index (χ1n) is 12.3. The standard InChI is InChI=1S/C27H46O2/c1-5-26(2,3)16-12-8-6-10-14-22-20-24(28)21-23(25(22)29)15-11-7-9-13-17-27(4)18-19-27/h20-21,28-29H,5-19H2,1-4H3. The van der Waals surface area contributed by atoms with Gasteiger partial charge in [0.05, 0.1) is 0 Å². The van der Waals surface area contributed by atoms with Crippen molar-refractivity contribution >= 4 is 0 Å². The summed E-state index contributed by atoms with van der Waals surface area (Å²) in [5, 5.41) is 20.8. The minimum atomic E-state index is 0.305. The summed E-state index contributed by atoms with van der Waals surface area (Å²) in [7, 11) is 0. The molecule has 1 aliphatic rings. The topological polar surface area (TPSA) is 40.5 Å². The Morgan fingerprint density at radius 2 is 1.34 bits per heavy atom. The number of aromatic hydroxyl groups is 2. The Kier molecular flexibility index (Phi) is 9.37. The number of aryl methyl sites for hydroxylation is 2. The molecule has 0 bridgehead atoms. The van der Waals surface area contributed by atoms with Gasteiger partial charge in [0.25, 0.3) is 0 Å². The molecule has 0 amide bonds. The zero-order valence-corrected chi connectivity index (χ0v) is 19.7. The molecular formula is C27H46O2. The molecule has 0 saturated heterocycles. The molecule has 2 nitrogen and oxygen atoms in total. The molecule has 1 aromatic carbocycles. The Morgan fingerprint density at radius 3 is 1.86 bits per heavy atom. The number of unbranched alkanes of at least 4 members (excludes halogenated alkanes) is 6. The van der Waals surface area contributed by atoms with E-state index in [-0.39, 0.29) is 0 Å². The van der Waals surface area contributed by atoms with Gasteiger partial charge in [-0.25, -0.2) is 0 Å². The van der Waals surface area contributed by atoms with Crippen LogP contribution in [0, 0.1) is 10.8 Å². The van der Waals surface area contributed by atoms with Crippen molar-refractivity contribution in [1.29, 1.82) is 0 Å². The number of phenols is 2. The van der Waals surface area contributed by atoms with E-state index in [1.165, 1.54) is 70.6 Å². The second-order valence-electron chi connectivity index (χ2n) is 10.8. The molecule has 0 atom stereocenters. The van der Waals surface area contributed by atoms with Crippen LogP contribution < -0.4 is 0 Å². The van der Waals surface area contributed by atoms with Crippen LogP contribution in [0.15, 0.2) is 12.1 Å². The van der Waals surface area contributed by atoms with E-state index in [0.717, 1.165) is 36.8 Å². The van der Waals surface area contributed by atoms with Gasteiger partial charge in [0.1, 0.15) is 11.5 Å². The van der Waals surface area contributed by atoms with Crippen LogP contribution in [-0.4, -0.2) is 10.2 Å². The van der Waals surface area contributed by atoms with Crippen molar-refractivity contribution < 1.29 is 10.2 Å². The fourth-order valence-corrected chi connectivity index (χ4v) is 4.26. The summed E-state index contributed by atoms with van der Waals surface area (Å²) in [5.41, 5.74) is 2.99. The monoisotopic (exact) mass is 402 g/mol. The van der Waals surface area contributed by atoms with Crippen molar-refractivity contribution in [2.75, 3.05) is 0 Å². The average molecular weight is 403 g/mol. The number of rotatable bonds is 15. The van der Waals surface area contributed by atoms with Crippen LogP contribution in [-0.2, 0) is 12.8 Å². The van der Waals surface area contributed by atoms with Gasteiger partial charge >= 0.3 is 0 Å². The zero-order valence-electron chi connectivity index (χ0n) is 19.7. The van der Waals surface area contributed by atoms with Crippen LogP contribution >= 0.6 is 0 Å². The highest BCUT2D eigenvalue weighted by molar-refractivity contribution is 5.46. The van der Waals surface area contributed by atoms with Gasteiger partial charge in [0, 0.05) is 0 Å². The molecular weight excluding hydrogens is 356 g/mol. The van der Waals surface area contributed by atoms with Crippen LogP contribution in [0.2, 0.25) is 0 Å². The van der Waals surface area contributed by atoms with Gasteiger partial charge in [-0.2, -0.15) is 0 Å². The third-order valence-corrected chi connectivity index (χ3v) is 7.34. The molecule has 1 fully saturated rings. The molecule has 2 N–H and O–H groups in total. The van der Waals surface area contributed by atoms with Crippen LogP contribution in [0.5, 0.6) is 11.5 Å². The Bertz CT molecular complexity index is 613. The molecule has 2 heteroatoms. The first kappa shape index (κ1) is 24.1. The maximum Gasteiger partial charge on any atom is 0.122 e. The predicted octanol–water partition coefficient (Wildman–Crippen LogP) is 8.32. The van der Waals surface area contributed by atoms with Gasteiger partial charge in [-0.1, -0.05) is 72.6 Å². The lowest BCUT2D eigenvalue weighted by Gasteiger charge is -2.22. The first-order valence-corrected chi connectivity index (χ1v) is 12.3. The lowest BCUT2D eigenvalue weighted by atomic mass is 9.84. The maximum atomic E-state index is 10.7. The second-order valence-corrected chi connectivity index (χ2v) is 10.8. The van der Waals surface area contributed by atoms with Gasteiger partial charge < -0.3 is 10.2 Å². The lowest BCUT2D eigenvalue weighted by Crippen LogP contribution is -2.08. The highest BCUT2D eigenvalue weighted by Gasteiger charge is 2.35. The van der Waals surface area contributed by atoms with Crippen molar-refractivity contribution in [2.24, 2.45) is 10.8 Å². The quantitative estimate of drug-likeness (QED) is 0.229. The SMILES string of the molecule is CCC(C)(C)CCCCCCc1cc(O)cc(CCCCCCC2(C)CC2)c1O. The molecule has 2 rings (SSSR count). The van der Waals surface area contributed by atoms with Crippen molar-refractivity contribution in [3.8, 4) is 11.5 Å². The molecule has 0 aliphatic heterocycles. The summed E-state index contributed by atoms with van der Waals surface area (Å²) in [4.78, 5) is 0. The molecule has 0 heterocycles. The van der Waals surface area contributed by atoms with E-state index in [0.29, 0.717) is 22.3 Å². The van der Waals surface area contributed by atoms with Crippen LogP contribution in [0.3, 0.4) is 0 Å². The average Bonchev–Trinajstić information content (AvgIpc) is 3.41. The van der Waals surface area contributed by atoms with Crippen LogP contribution in [0.1, 0.15) is 122 Å². The highest BCUT2D eigenvalue weighted by Crippen LogP contribution is 2.49. The number of benzene rings is 1. The smallest absolute Gasteiger partial charge is 0.122 e. The largest absolute Gasteiger partial charge is 0.508 e. The van der Waals surface area contributed by atoms with Crippen molar-refractivity contribution in [1.82, 2.24) is 0 Å². The molecule has 29 heavy (non-hydrogen) atoms. The Labute approximate surface area is 180 Å². The van der Waals surface area contributed by atoms with Gasteiger partial charge in [0.15, 0.2) is 0 Å². The Balaban J connectivity index is 1.67. The summed E-state index contributed by atoms with van der Waals surface area (Å²) in [6, 6.07) is 3.52. The van der Waals surface area contributed by atoms with E-state index >= 15 is 0 Å². The molecule has 1 saturated carbocycles. The predicted molar refractivity (Wildman–Crippen MR) is 125 cm³/mol. The van der Waals surface area contributed by atoms with Crippen LogP contribution in [0.25, 0.3) is 0 Å². The number of hydrogen-bond acceptors (Lipinski definition) is 2. The summed E-state index contributed by atoms with van der Waals surface area (Å²) in [6.45, 7) is 9.39. The molecule has 0 radical (unpaired) electrons. The normalized spacial score (nSPS) is 15.6. The summed E-state index contributed by atoms with van der Waals surface area (Å²) < 4.78 is 0. The minimum Gasteiger partial charge on any atom is -0.508 e. The Morgan fingerprint density at radius 1 is 0.828 bits per heavy atom. The maximum absolute atomic E-state index is 10.7. The number of hydrogen-bond donors (Lipinski definition) is 2. The molecule has 0 aromatic heterocycles. The van der Waals surface area contributed by atoms with E-state index in [4.69, 9.17) is 0 Å². The molecule has 166 valence electrons. The number of phenolic OH excluding ortho intramolecular Hbond substituents is 2. The molecule has 1 aromatic rings. The third kappa shape index (κ3) is 9.01. The summed E-state index contributed by atoms with van der Waals surface area (Å²) >= 11 is 0. The van der Waals surface area contributed by atoms with E-state index in [1.54, 1.807) is 12.1 Å². The first-order chi connectivity index (χ1) is 13.7. The van der Waals surface area contributed by atoms with Crippen molar-refractivity contribution in [3.63, 3.8) is 0 Å². The Hall–Kier alpha value is -1.18. The van der Waals surface area contributed by atoms with Gasteiger partial charge in [-0.15, -0.1) is 0 Å². The van der Waals surface area contributed by atoms with Gasteiger partial charge in [-0.3, -0.25) is 0 Å². The van der Waals surface area contributed by atoms with Crippen molar-refractivity contribution in [3.05, 3.63) is 23.3 Å². The molecule has 0 spiro atoms. The highest BCUT2D eigenvalue weighted by atomic mass is 16.3. The summed E-state index contributed by atoms with van der Waals surface area (Å²) in [5.74, 6) is 0.736. The second kappa shape index (κ2) is 11.3. The molecule has 1 aliphatic carbocycles. The van der Waals surface area contributed by atoms with E-state index in [2.05, 4.69) is 27.7 Å². The summed E-state index contributed by atoms with van der Waals surface area (Å²) in [6.07, 6.45) is 18.3. The van der Waals surface area contributed by atoms with E-state index < -0.39 is 0 Å². The van der Waals surface area contributed by atoms with Gasteiger partial charge in [-0.05, 0) is 85.5 Å². The van der Waals surface area contributed by atoms with Gasteiger partial charge in [0.2, 0.25) is 0 Å². The molecule has 0 unspecified atom stereocenters. The third-order valence-electron chi connectivity index (χ3n) is 7.34.